The molecule has 2 N–H and O–H groups in total. The molecule has 0 aromatic heterocycles. The molecule has 0 bridgehead atoms. The van der Waals surface area contributed by atoms with Crippen molar-refractivity contribution in [3.8, 4) is 0 Å². The van der Waals surface area contributed by atoms with Gasteiger partial charge in [0.2, 0.25) is 0 Å². The smallest absolute Gasteiger partial charge is 0.251 e. The summed E-state index contributed by atoms with van der Waals surface area (Å²) in [7, 11) is 0. The normalized spacial score (nSPS) is 16.8. The minimum Gasteiger partial charge on any atom is -0.370 e. The molecule has 1 unspecified atom stereocenters. The van der Waals surface area contributed by atoms with Crippen LogP contribution in [-0.4, -0.2) is 5.91 Å². The fourth-order valence-electron chi connectivity index (χ4n) is 2.23. The molecule has 2 aromatic rings. The quantitative estimate of drug-likeness (QED) is 0.775. The molecule has 20 heavy (non-hydrogen) atoms. The highest BCUT2D eigenvalue weighted by Gasteiger charge is 2.30. The van der Waals surface area contributed by atoms with Gasteiger partial charge in [-0.05, 0) is 59.3 Å². The van der Waals surface area contributed by atoms with Crippen LogP contribution in [0, 0.1) is 16.3 Å². The van der Waals surface area contributed by atoms with E-state index in [4.69, 9.17) is 0 Å². The molecule has 0 saturated carbocycles. The highest BCUT2D eigenvalue weighted by molar-refractivity contribution is 14.1. The highest BCUT2D eigenvalue weighted by atomic mass is 127. The SMILES string of the molecule is Cc1ccc(NC2C(=O)Nc3cc(F)ccc32)cc1I. The number of halogens is 2. The maximum absolute atomic E-state index is 13.2. The Labute approximate surface area is 129 Å². The van der Waals surface area contributed by atoms with Crippen LogP contribution in [0.4, 0.5) is 15.8 Å². The van der Waals surface area contributed by atoms with Crippen LogP contribution in [-0.2, 0) is 4.79 Å². The number of carbonyl (C=O) groups excluding carboxylic acids is 1. The number of hydrogen-bond acceptors (Lipinski definition) is 2. The van der Waals surface area contributed by atoms with Crippen LogP contribution in [0.25, 0.3) is 0 Å². The molecule has 0 saturated heterocycles. The first-order valence-electron chi connectivity index (χ1n) is 6.17. The van der Waals surface area contributed by atoms with Crippen LogP contribution < -0.4 is 10.6 Å². The van der Waals surface area contributed by atoms with E-state index in [0.717, 1.165) is 14.8 Å². The first-order valence-corrected chi connectivity index (χ1v) is 7.25. The average molecular weight is 382 g/mol. The summed E-state index contributed by atoms with van der Waals surface area (Å²) in [5, 5.41) is 5.89. The molecule has 0 radical (unpaired) electrons. The van der Waals surface area contributed by atoms with Gasteiger partial charge in [-0.1, -0.05) is 12.1 Å². The van der Waals surface area contributed by atoms with Crippen LogP contribution in [0.3, 0.4) is 0 Å². The number of benzene rings is 2. The van der Waals surface area contributed by atoms with Gasteiger partial charge in [-0.25, -0.2) is 4.39 Å². The van der Waals surface area contributed by atoms with E-state index in [0.29, 0.717) is 5.69 Å². The number of nitrogens with one attached hydrogen (secondary N) is 2. The second kappa shape index (κ2) is 5.05. The third kappa shape index (κ3) is 2.37. The van der Waals surface area contributed by atoms with Crippen molar-refractivity contribution in [3.05, 3.63) is 56.9 Å². The number of hydrogen-bond donors (Lipinski definition) is 2. The molecule has 5 heteroatoms. The van der Waals surface area contributed by atoms with Crippen molar-refractivity contribution >= 4 is 39.9 Å². The lowest BCUT2D eigenvalue weighted by atomic mass is 10.1. The molecule has 2 aromatic carbocycles. The molecule has 1 aliphatic rings. The Kier molecular flexibility index (Phi) is 3.37. The van der Waals surface area contributed by atoms with Crippen LogP contribution in [0.5, 0.6) is 0 Å². The number of rotatable bonds is 2. The Bertz CT molecular complexity index is 702. The third-order valence-corrected chi connectivity index (χ3v) is 4.49. The minimum atomic E-state index is -0.482. The zero-order valence-electron chi connectivity index (χ0n) is 10.7. The lowest BCUT2D eigenvalue weighted by Gasteiger charge is -2.14. The average Bonchev–Trinajstić information content (AvgIpc) is 2.69. The number of anilines is 2. The maximum Gasteiger partial charge on any atom is 0.251 e. The highest BCUT2D eigenvalue weighted by Crippen LogP contribution is 2.34. The van der Waals surface area contributed by atoms with E-state index in [2.05, 4.69) is 33.2 Å². The van der Waals surface area contributed by atoms with E-state index < -0.39 is 6.04 Å². The van der Waals surface area contributed by atoms with Crippen LogP contribution in [0.2, 0.25) is 0 Å². The van der Waals surface area contributed by atoms with Crippen LogP contribution in [0.15, 0.2) is 36.4 Å². The van der Waals surface area contributed by atoms with Gasteiger partial charge in [-0.3, -0.25) is 4.79 Å². The van der Waals surface area contributed by atoms with Gasteiger partial charge in [0.25, 0.3) is 5.91 Å². The Morgan fingerprint density at radius 3 is 2.80 bits per heavy atom. The number of aryl methyl sites for hydroxylation is 1. The number of fused-ring (bicyclic) bond motifs is 1. The van der Waals surface area contributed by atoms with E-state index in [1.54, 1.807) is 6.07 Å². The van der Waals surface area contributed by atoms with Crippen molar-refractivity contribution in [2.24, 2.45) is 0 Å². The minimum absolute atomic E-state index is 0.166. The van der Waals surface area contributed by atoms with Gasteiger partial charge in [0.15, 0.2) is 0 Å². The standard InChI is InChI=1S/C15H12FIN2O/c1-8-2-4-10(7-12(8)17)18-14-11-5-3-9(16)6-13(11)19-15(14)20/h2-7,14,18H,1H3,(H,19,20). The summed E-state index contributed by atoms with van der Waals surface area (Å²) >= 11 is 2.26. The summed E-state index contributed by atoms with van der Waals surface area (Å²) in [6.07, 6.45) is 0. The van der Waals surface area contributed by atoms with E-state index >= 15 is 0 Å². The van der Waals surface area contributed by atoms with Gasteiger partial charge >= 0.3 is 0 Å². The first kappa shape index (κ1) is 13.4. The summed E-state index contributed by atoms with van der Waals surface area (Å²) in [6, 6.07) is 9.79. The Morgan fingerprint density at radius 2 is 2.05 bits per heavy atom. The molecule has 1 atom stereocenters. The van der Waals surface area contributed by atoms with Gasteiger partial charge < -0.3 is 10.6 Å². The lowest BCUT2D eigenvalue weighted by Crippen LogP contribution is -2.19. The Balaban J connectivity index is 1.92. The Hall–Kier alpha value is -1.63. The molecule has 3 nitrogen and oxygen atoms in total. The molecule has 3 rings (SSSR count). The molecule has 0 aliphatic carbocycles. The Morgan fingerprint density at radius 1 is 1.25 bits per heavy atom. The summed E-state index contributed by atoms with van der Waals surface area (Å²) in [4.78, 5) is 12.0. The van der Waals surface area contributed by atoms with Crippen molar-refractivity contribution in [1.82, 2.24) is 0 Å². The molecule has 0 spiro atoms. The second-order valence-corrected chi connectivity index (χ2v) is 5.92. The first-order chi connectivity index (χ1) is 9.54. The fraction of sp³-hybridized carbons (Fsp3) is 0.133. The molecule has 102 valence electrons. The van der Waals surface area contributed by atoms with Crippen molar-refractivity contribution < 1.29 is 9.18 Å². The number of amides is 1. The predicted octanol–water partition coefficient (Wildman–Crippen LogP) is 3.84. The lowest BCUT2D eigenvalue weighted by molar-refractivity contribution is -0.116. The largest absolute Gasteiger partial charge is 0.370 e. The monoisotopic (exact) mass is 382 g/mol. The van der Waals surface area contributed by atoms with E-state index in [1.807, 2.05) is 25.1 Å². The molecule has 0 fully saturated rings. The van der Waals surface area contributed by atoms with E-state index in [-0.39, 0.29) is 11.7 Å². The molecule has 1 aliphatic heterocycles. The van der Waals surface area contributed by atoms with E-state index in [1.165, 1.54) is 17.7 Å². The zero-order chi connectivity index (χ0) is 14.3. The van der Waals surface area contributed by atoms with Crippen molar-refractivity contribution in [3.63, 3.8) is 0 Å². The van der Waals surface area contributed by atoms with Crippen molar-refractivity contribution in [1.29, 1.82) is 0 Å². The van der Waals surface area contributed by atoms with Gasteiger partial charge in [0, 0.05) is 20.5 Å². The summed E-state index contributed by atoms with van der Waals surface area (Å²) in [6.45, 7) is 2.03. The molecular weight excluding hydrogens is 370 g/mol. The van der Waals surface area contributed by atoms with E-state index in [9.17, 15) is 9.18 Å². The summed E-state index contributed by atoms with van der Waals surface area (Å²) in [5.74, 6) is -0.518. The van der Waals surface area contributed by atoms with Gasteiger partial charge in [0.05, 0.1) is 0 Å². The van der Waals surface area contributed by atoms with Crippen molar-refractivity contribution in [2.75, 3.05) is 10.6 Å². The topological polar surface area (TPSA) is 41.1 Å². The van der Waals surface area contributed by atoms with Gasteiger partial charge in [-0.15, -0.1) is 0 Å². The maximum atomic E-state index is 13.2. The molecule has 1 heterocycles. The summed E-state index contributed by atoms with van der Waals surface area (Å²) in [5.41, 5.74) is 3.37. The zero-order valence-corrected chi connectivity index (χ0v) is 12.9. The third-order valence-electron chi connectivity index (χ3n) is 3.33. The van der Waals surface area contributed by atoms with Gasteiger partial charge in [-0.2, -0.15) is 0 Å². The summed E-state index contributed by atoms with van der Waals surface area (Å²) < 4.78 is 14.3. The van der Waals surface area contributed by atoms with Crippen LogP contribution in [0.1, 0.15) is 17.2 Å². The van der Waals surface area contributed by atoms with Crippen molar-refractivity contribution in [2.45, 2.75) is 13.0 Å². The second-order valence-electron chi connectivity index (χ2n) is 4.76. The number of carbonyl (C=O) groups is 1. The fourth-order valence-corrected chi connectivity index (χ4v) is 2.74. The molecular formula is C15H12FIN2O. The van der Waals surface area contributed by atoms with Gasteiger partial charge in [0.1, 0.15) is 11.9 Å². The predicted molar refractivity (Wildman–Crippen MR) is 85.3 cm³/mol. The van der Waals surface area contributed by atoms with Crippen LogP contribution >= 0.6 is 22.6 Å². The molecule has 1 amide bonds.